The smallest absolute Gasteiger partial charge is 0.122 e. The molecule has 0 fully saturated rings. The first-order chi connectivity index (χ1) is 7.63. The molecule has 1 rings (SSSR count). The van der Waals surface area contributed by atoms with Crippen molar-refractivity contribution < 1.29 is 4.74 Å². The summed E-state index contributed by atoms with van der Waals surface area (Å²) >= 11 is 0. The van der Waals surface area contributed by atoms with Crippen molar-refractivity contribution in [1.82, 2.24) is 5.32 Å². The van der Waals surface area contributed by atoms with Crippen LogP contribution in [0.2, 0.25) is 0 Å². The normalized spacial score (nSPS) is 10.8. The van der Waals surface area contributed by atoms with Gasteiger partial charge in [0.15, 0.2) is 0 Å². The third kappa shape index (κ3) is 4.23. The molecule has 0 unspecified atom stereocenters. The number of hydrogen-bond donors (Lipinski definition) is 1. The number of nitrogens with one attached hydrogen (secondary N) is 1. The lowest BCUT2D eigenvalue weighted by atomic mass is 10.1. The second-order valence-electron chi connectivity index (χ2n) is 4.65. The van der Waals surface area contributed by atoms with E-state index in [4.69, 9.17) is 4.74 Å². The molecule has 0 aliphatic heterocycles. The highest BCUT2D eigenvalue weighted by molar-refractivity contribution is 5.36. The molecule has 2 heteroatoms. The van der Waals surface area contributed by atoms with Crippen molar-refractivity contribution in [3.63, 3.8) is 0 Å². The molecule has 0 heterocycles. The summed E-state index contributed by atoms with van der Waals surface area (Å²) in [4.78, 5) is 0. The molecule has 1 aromatic rings. The van der Waals surface area contributed by atoms with Crippen molar-refractivity contribution in [2.75, 3.05) is 20.2 Å². The van der Waals surface area contributed by atoms with E-state index in [1.165, 1.54) is 11.1 Å². The van der Waals surface area contributed by atoms with Crippen LogP contribution in [0.15, 0.2) is 18.2 Å². The number of ether oxygens (including phenoxy) is 1. The number of benzene rings is 1. The van der Waals surface area contributed by atoms with Gasteiger partial charge in [0, 0.05) is 0 Å². The van der Waals surface area contributed by atoms with Crippen LogP contribution in [-0.4, -0.2) is 20.2 Å². The van der Waals surface area contributed by atoms with Gasteiger partial charge in [-0.25, -0.2) is 0 Å². The molecule has 1 N–H and O–H groups in total. The lowest BCUT2D eigenvalue weighted by molar-refractivity contribution is 0.411. The lowest BCUT2D eigenvalue weighted by Crippen LogP contribution is -2.22. The van der Waals surface area contributed by atoms with Gasteiger partial charge in [0.1, 0.15) is 5.75 Å². The van der Waals surface area contributed by atoms with Gasteiger partial charge in [0.05, 0.1) is 7.11 Å². The molecule has 0 saturated heterocycles. The number of rotatable bonds is 6. The molecule has 0 atom stereocenters. The molecule has 0 amide bonds. The average Bonchev–Trinajstić information content (AvgIpc) is 2.26. The van der Waals surface area contributed by atoms with Gasteiger partial charge in [0.25, 0.3) is 0 Å². The number of methoxy groups -OCH3 is 1. The molecule has 16 heavy (non-hydrogen) atoms. The fraction of sp³-hybridized carbons (Fsp3) is 0.571. The van der Waals surface area contributed by atoms with E-state index in [2.05, 4.69) is 44.3 Å². The first-order valence-corrected chi connectivity index (χ1v) is 5.97. The summed E-state index contributed by atoms with van der Waals surface area (Å²) in [6.07, 6.45) is 1.06. The average molecular weight is 221 g/mol. The Bertz CT molecular complexity index is 321. The Balaban J connectivity index is 2.42. The highest BCUT2D eigenvalue weighted by Gasteiger charge is 2.00. The monoisotopic (exact) mass is 221 g/mol. The van der Waals surface area contributed by atoms with Gasteiger partial charge in [-0.2, -0.15) is 0 Å². The van der Waals surface area contributed by atoms with Gasteiger partial charge in [-0.1, -0.05) is 26.0 Å². The number of hydrogen-bond acceptors (Lipinski definition) is 2. The minimum Gasteiger partial charge on any atom is -0.496 e. The van der Waals surface area contributed by atoms with Crippen LogP contribution in [-0.2, 0) is 6.42 Å². The van der Waals surface area contributed by atoms with Crippen LogP contribution in [0.5, 0.6) is 5.75 Å². The summed E-state index contributed by atoms with van der Waals surface area (Å²) in [6, 6.07) is 6.43. The maximum absolute atomic E-state index is 5.31. The lowest BCUT2D eigenvalue weighted by Gasteiger charge is -2.09. The number of aryl methyl sites for hydroxylation is 1. The van der Waals surface area contributed by atoms with E-state index < -0.39 is 0 Å². The van der Waals surface area contributed by atoms with Crippen LogP contribution in [0.3, 0.4) is 0 Å². The van der Waals surface area contributed by atoms with E-state index in [1.54, 1.807) is 7.11 Å². The van der Waals surface area contributed by atoms with Crippen molar-refractivity contribution in [3.05, 3.63) is 29.3 Å². The molecule has 0 saturated carbocycles. The van der Waals surface area contributed by atoms with Crippen LogP contribution in [0.25, 0.3) is 0 Å². The van der Waals surface area contributed by atoms with Crippen molar-refractivity contribution in [2.24, 2.45) is 5.92 Å². The molecule has 0 radical (unpaired) electrons. The van der Waals surface area contributed by atoms with E-state index in [1.807, 2.05) is 0 Å². The van der Waals surface area contributed by atoms with Crippen LogP contribution in [0, 0.1) is 12.8 Å². The van der Waals surface area contributed by atoms with E-state index in [-0.39, 0.29) is 0 Å². The quantitative estimate of drug-likeness (QED) is 0.746. The Hall–Kier alpha value is -1.02. The second-order valence-corrected chi connectivity index (χ2v) is 4.65. The third-order valence-electron chi connectivity index (χ3n) is 2.62. The van der Waals surface area contributed by atoms with Crippen LogP contribution < -0.4 is 10.1 Å². The van der Waals surface area contributed by atoms with Gasteiger partial charge in [-0.15, -0.1) is 0 Å². The molecule has 90 valence electrons. The van der Waals surface area contributed by atoms with Crippen LogP contribution >= 0.6 is 0 Å². The van der Waals surface area contributed by atoms with Crippen LogP contribution in [0.1, 0.15) is 25.0 Å². The van der Waals surface area contributed by atoms with Crippen molar-refractivity contribution in [1.29, 1.82) is 0 Å². The van der Waals surface area contributed by atoms with E-state index in [0.717, 1.165) is 25.3 Å². The maximum atomic E-state index is 5.31. The predicted octanol–water partition coefficient (Wildman–Crippen LogP) is 2.79. The van der Waals surface area contributed by atoms with Gasteiger partial charge in [-0.05, 0) is 49.5 Å². The van der Waals surface area contributed by atoms with Gasteiger partial charge < -0.3 is 10.1 Å². The molecule has 0 aliphatic rings. The first kappa shape index (κ1) is 13.0. The van der Waals surface area contributed by atoms with Crippen LogP contribution in [0.4, 0.5) is 0 Å². The minimum atomic E-state index is 0.715. The third-order valence-corrected chi connectivity index (χ3v) is 2.62. The molecular formula is C14H23NO. The zero-order chi connectivity index (χ0) is 12.0. The van der Waals surface area contributed by atoms with E-state index >= 15 is 0 Å². The molecule has 0 aromatic heterocycles. The maximum Gasteiger partial charge on any atom is 0.122 e. The summed E-state index contributed by atoms with van der Waals surface area (Å²) in [6.45, 7) is 8.64. The fourth-order valence-electron chi connectivity index (χ4n) is 1.64. The second kappa shape index (κ2) is 6.54. The van der Waals surface area contributed by atoms with Gasteiger partial charge in [-0.3, -0.25) is 0 Å². The Morgan fingerprint density at radius 3 is 2.69 bits per heavy atom. The van der Waals surface area contributed by atoms with Gasteiger partial charge >= 0.3 is 0 Å². The fourth-order valence-corrected chi connectivity index (χ4v) is 1.64. The summed E-state index contributed by atoms with van der Waals surface area (Å²) in [5, 5.41) is 3.44. The standard InChI is InChI=1S/C14H23NO/c1-11(2)10-15-8-7-13-6-5-12(3)14(9-13)16-4/h5-6,9,11,15H,7-8,10H2,1-4H3. The Labute approximate surface area is 99.0 Å². The summed E-state index contributed by atoms with van der Waals surface area (Å²) in [5.74, 6) is 1.70. The molecule has 0 bridgehead atoms. The summed E-state index contributed by atoms with van der Waals surface area (Å²) in [5.41, 5.74) is 2.53. The van der Waals surface area contributed by atoms with E-state index in [0.29, 0.717) is 5.92 Å². The topological polar surface area (TPSA) is 21.3 Å². The van der Waals surface area contributed by atoms with Crippen molar-refractivity contribution in [2.45, 2.75) is 27.2 Å². The molecule has 0 aliphatic carbocycles. The minimum absolute atomic E-state index is 0.715. The van der Waals surface area contributed by atoms with E-state index in [9.17, 15) is 0 Å². The molecule has 0 spiro atoms. The SMILES string of the molecule is COc1cc(CCNCC(C)C)ccc1C. The van der Waals surface area contributed by atoms with Gasteiger partial charge in [0.2, 0.25) is 0 Å². The largest absolute Gasteiger partial charge is 0.496 e. The molecule has 1 aromatic carbocycles. The Morgan fingerprint density at radius 2 is 2.06 bits per heavy atom. The molecular weight excluding hydrogens is 198 g/mol. The Morgan fingerprint density at radius 1 is 1.31 bits per heavy atom. The summed E-state index contributed by atoms with van der Waals surface area (Å²) in [7, 11) is 1.73. The Kier molecular flexibility index (Phi) is 5.33. The highest BCUT2D eigenvalue weighted by atomic mass is 16.5. The highest BCUT2D eigenvalue weighted by Crippen LogP contribution is 2.18. The zero-order valence-corrected chi connectivity index (χ0v) is 10.8. The predicted molar refractivity (Wildman–Crippen MR) is 69.1 cm³/mol. The summed E-state index contributed by atoms with van der Waals surface area (Å²) < 4.78 is 5.31. The molecule has 2 nitrogen and oxygen atoms in total. The first-order valence-electron chi connectivity index (χ1n) is 5.97. The zero-order valence-electron chi connectivity index (χ0n) is 10.8. The van der Waals surface area contributed by atoms with Crippen molar-refractivity contribution >= 4 is 0 Å². The van der Waals surface area contributed by atoms with Crippen molar-refractivity contribution in [3.8, 4) is 5.75 Å².